The monoisotopic (exact) mass is 286 g/mol. The van der Waals surface area contributed by atoms with Gasteiger partial charge in [0, 0.05) is 24.7 Å². The van der Waals surface area contributed by atoms with Gasteiger partial charge in [-0.1, -0.05) is 6.07 Å². The molecule has 4 rings (SSSR count). The molecule has 0 amide bonds. The fourth-order valence-electron chi connectivity index (χ4n) is 4.13. The van der Waals surface area contributed by atoms with Gasteiger partial charge < -0.3 is 10.1 Å². The van der Waals surface area contributed by atoms with Crippen LogP contribution in [0.25, 0.3) is 0 Å². The molecule has 1 aliphatic heterocycles. The molecule has 114 valence electrons. The highest BCUT2D eigenvalue weighted by Gasteiger charge is 2.38. The zero-order chi connectivity index (χ0) is 14.2. The lowest BCUT2D eigenvalue weighted by atomic mass is 10.0. The van der Waals surface area contributed by atoms with Gasteiger partial charge in [0.05, 0.1) is 7.11 Å². The van der Waals surface area contributed by atoms with E-state index in [-0.39, 0.29) is 0 Å². The third-order valence-electron chi connectivity index (χ3n) is 5.41. The van der Waals surface area contributed by atoms with Crippen molar-refractivity contribution in [2.24, 2.45) is 0 Å². The molecule has 1 saturated heterocycles. The highest BCUT2D eigenvalue weighted by atomic mass is 16.5. The van der Waals surface area contributed by atoms with E-state index in [1.54, 1.807) is 7.11 Å². The van der Waals surface area contributed by atoms with Crippen LogP contribution >= 0.6 is 0 Å². The van der Waals surface area contributed by atoms with Gasteiger partial charge in [-0.2, -0.15) is 0 Å². The third-order valence-corrected chi connectivity index (χ3v) is 5.41. The lowest BCUT2D eigenvalue weighted by molar-refractivity contribution is 0.169. The van der Waals surface area contributed by atoms with Crippen molar-refractivity contribution in [1.29, 1.82) is 0 Å². The Kier molecular flexibility index (Phi) is 3.64. The Bertz CT molecular complexity index is 506. The standard InChI is InChI=1S/C18H26N2O/c1-21-16-8-4-13-5-9-18(17(13)11-16)20(15-6-7-15)12-14-3-2-10-19-14/h4,8,11,14-15,18-19H,2-3,5-7,9-10,12H2,1H3. The summed E-state index contributed by atoms with van der Waals surface area (Å²) in [6.07, 6.45) is 7.99. The summed E-state index contributed by atoms with van der Waals surface area (Å²) in [5, 5.41) is 3.67. The van der Waals surface area contributed by atoms with E-state index in [2.05, 4.69) is 28.4 Å². The minimum atomic E-state index is 0.616. The fourth-order valence-corrected chi connectivity index (χ4v) is 4.13. The van der Waals surface area contributed by atoms with Crippen molar-refractivity contribution in [2.45, 2.75) is 56.7 Å². The molecule has 1 aromatic rings. The maximum Gasteiger partial charge on any atom is 0.119 e. The highest BCUT2D eigenvalue weighted by Crippen LogP contribution is 2.43. The van der Waals surface area contributed by atoms with Crippen LogP contribution in [-0.4, -0.2) is 37.2 Å². The molecule has 0 aromatic heterocycles. The first-order valence-electron chi connectivity index (χ1n) is 8.51. The van der Waals surface area contributed by atoms with Gasteiger partial charge in [0.2, 0.25) is 0 Å². The second-order valence-corrected chi connectivity index (χ2v) is 6.84. The molecular formula is C18H26N2O. The quantitative estimate of drug-likeness (QED) is 0.901. The van der Waals surface area contributed by atoms with Crippen LogP contribution in [0.2, 0.25) is 0 Å². The summed E-state index contributed by atoms with van der Waals surface area (Å²) in [7, 11) is 1.77. The summed E-state index contributed by atoms with van der Waals surface area (Å²) in [6, 6.07) is 8.82. The van der Waals surface area contributed by atoms with Crippen LogP contribution in [0.15, 0.2) is 18.2 Å². The fraction of sp³-hybridized carbons (Fsp3) is 0.667. The van der Waals surface area contributed by atoms with Crippen LogP contribution in [0.1, 0.15) is 49.3 Å². The van der Waals surface area contributed by atoms with Crippen LogP contribution < -0.4 is 10.1 Å². The van der Waals surface area contributed by atoms with E-state index in [0.717, 1.165) is 11.8 Å². The van der Waals surface area contributed by atoms with Crippen molar-refractivity contribution >= 4 is 0 Å². The summed E-state index contributed by atoms with van der Waals surface area (Å²) in [5.74, 6) is 1.01. The molecule has 1 N–H and O–H groups in total. The summed E-state index contributed by atoms with van der Waals surface area (Å²) in [4.78, 5) is 2.80. The summed E-state index contributed by atoms with van der Waals surface area (Å²) in [6.45, 7) is 2.43. The minimum absolute atomic E-state index is 0.616. The van der Waals surface area contributed by atoms with E-state index in [4.69, 9.17) is 4.74 Å². The molecule has 2 atom stereocenters. The maximum atomic E-state index is 5.45. The number of nitrogens with one attached hydrogen (secondary N) is 1. The number of fused-ring (bicyclic) bond motifs is 1. The normalized spacial score (nSPS) is 28.1. The van der Waals surface area contributed by atoms with Gasteiger partial charge in [0.15, 0.2) is 0 Å². The number of methoxy groups -OCH3 is 1. The van der Waals surface area contributed by atoms with E-state index < -0.39 is 0 Å². The summed E-state index contributed by atoms with van der Waals surface area (Å²) >= 11 is 0. The molecule has 3 nitrogen and oxygen atoms in total. The van der Waals surface area contributed by atoms with Crippen LogP contribution in [0.5, 0.6) is 5.75 Å². The number of hydrogen-bond donors (Lipinski definition) is 1. The Morgan fingerprint density at radius 1 is 1.24 bits per heavy atom. The third kappa shape index (κ3) is 2.69. The zero-order valence-corrected chi connectivity index (χ0v) is 13.0. The second kappa shape index (κ2) is 5.62. The van der Waals surface area contributed by atoms with Gasteiger partial charge in [0.1, 0.15) is 5.75 Å². The predicted molar refractivity (Wildman–Crippen MR) is 84.8 cm³/mol. The van der Waals surface area contributed by atoms with Gasteiger partial charge >= 0.3 is 0 Å². The molecular weight excluding hydrogens is 260 g/mol. The Balaban J connectivity index is 1.57. The Labute approximate surface area is 127 Å². The van der Waals surface area contributed by atoms with Crippen LogP contribution in [0, 0.1) is 0 Å². The zero-order valence-electron chi connectivity index (χ0n) is 13.0. The van der Waals surface area contributed by atoms with Crippen molar-refractivity contribution in [3.63, 3.8) is 0 Å². The SMILES string of the molecule is COc1ccc2c(c1)C(N(CC1CCCN1)C1CC1)CC2. The number of benzene rings is 1. The minimum Gasteiger partial charge on any atom is -0.497 e. The summed E-state index contributed by atoms with van der Waals surface area (Å²) < 4.78 is 5.45. The van der Waals surface area contributed by atoms with Crippen molar-refractivity contribution in [2.75, 3.05) is 20.2 Å². The average molecular weight is 286 g/mol. The molecule has 21 heavy (non-hydrogen) atoms. The highest BCUT2D eigenvalue weighted by molar-refractivity contribution is 5.41. The Morgan fingerprint density at radius 3 is 2.86 bits per heavy atom. The number of rotatable bonds is 5. The number of ether oxygens (including phenoxy) is 1. The first-order valence-corrected chi connectivity index (χ1v) is 8.51. The van der Waals surface area contributed by atoms with Gasteiger partial charge in [-0.05, 0) is 68.3 Å². The van der Waals surface area contributed by atoms with Gasteiger partial charge in [-0.25, -0.2) is 0 Å². The number of hydrogen-bond acceptors (Lipinski definition) is 3. The lowest BCUT2D eigenvalue weighted by Crippen LogP contribution is -2.40. The molecule has 3 heteroatoms. The van der Waals surface area contributed by atoms with Crippen molar-refractivity contribution in [1.82, 2.24) is 10.2 Å². The molecule has 1 saturated carbocycles. The molecule has 0 radical (unpaired) electrons. The maximum absolute atomic E-state index is 5.45. The van der Waals surface area contributed by atoms with E-state index >= 15 is 0 Å². The van der Waals surface area contributed by atoms with E-state index in [1.807, 2.05) is 0 Å². The van der Waals surface area contributed by atoms with Crippen molar-refractivity contribution in [3.05, 3.63) is 29.3 Å². The second-order valence-electron chi connectivity index (χ2n) is 6.84. The molecule has 2 unspecified atom stereocenters. The van der Waals surface area contributed by atoms with Crippen LogP contribution in [0.4, 0.5) is 0 Å². The molecule has 3 aliphatic rings. The average Bonchev–Trinajstić information content (AvgIpc) is 3.07. The van der Waals surface area contributed by atoms with E-state index in [1.165, 1.54) is 62.7 Å². The lowest BCUT2D eigenvalue weighted by Gasteiger charge is -2.32. The molecule has 1 heterocycles. The number of nitrogens with zero attached hydrogens (tertiary/aromatic N) is 1. The first-order chi connectivity index (χ1) is 10.3. The Hall–Kier alpha value is -1.06. The van der Waals surface area contributed by atoms with Gasteiger partial charge in [-0.3, -0.25) is 4.90 Å². The largest absolute Gasteiger partial charge is 0.497 e. The molecule has 2 aliphatic carbocycles. The van der Waals surface area contributed by atoms with E-state index in [0.29, 0.717) is 12.1 Å². The smallest absolute Gasteiger partial charge is 0.119 e. The van der Waals surface area contributed by atoms with Crippen LogP contribution in [-0.2, 0) is 6.42 Å². The number of aryl methyl sites for hydroxylation is 1. The Morgan fingerprint density at radius 2 is 2.14 bits per heavy atom. The van der Waals surface area contributed by atoms with E-state index in [9.17, 15) is 0 Å². The molecule has 0 bridgehead atoms. The topological polar surface area (TPSA) is 24.5 Å². The molecule has 1 aromatic carbocycles. The first kappa shape index (κ1) is 13.6. The molecule has 2 fully saturated rings. The van der Waals surface area contributed by atoms with Crippen molar-refractivity contribution < 1.29 is 4.74 Å². The predicted octanol–water partition coefficient (Wildman–Crippen LogP) is 2.90. The van der Waals surface area contributed by atoms with Gasteiger partial charge in [0.25, 0.3) is 0 Å². The van der Waals surface area contributed by atoms with Crippen molar-refractivity contribution in [3.8, 4) is 5.75 Å². The molecule has 0 spiro atoms. The van der Waals surface area contributed by atoms with Crippen LogP contribution in [0.3, 0.4) is 0 Å². The summed E-state index contributed by atoms with van der Waals surface area (Å²) in [5.41, 5.74) is 3.06. The van der Waals surface area contributed by atoms with Gasteiger partial charge in [-0.15, -0.1) is 0 Å².